The molecular weight excluding hydrogens is 298 g/mol. The molecule has 1 heterocycles. The third-order valence-corrected chi connectivity index (χ3v) is 5.35. The van der Waals surface area contributed by atoms with E-state index < -0.39 is 0 Å². The van der Waals surface area contributed by atoms with Crippen LogP contribution in [-0.4, -0.2) is 16.9 Å². The molecule has 92 valence electrons. The number of amides is 1. The van der Waals surface area contributed by atoms with Gasteiger partial charge in [0, 0.05) is 4.47 Å². The van der Waals surface area contributed by atoms with E-state index in [0.29, 0.717) is 0 Å². The van der Waals surface area contributed by atoms with Crippen LogP contribution in [0, 0.1) is 6.92 Å². The van der Waals surface area contributed by atoms with Gasteiger partial charge in [0.1, 0.15) is 0 Å². The van der Waals surface area contributed by atoms with Crippen molar-refractivity contribution in [2.75, 3.05) is 11.1 Å². The van der Waals surface area contributed by atoms with E-state index in [1.807, 2.05) is 25.1 Å². The van der Waals surface area contributed by atoms with Crippen LogP contribution in [0.2, 0.25) is 0 Å². The maximum atomic E-state index is 12.1. The molecule has 1 aromatic rings. The highest BCUT2D eigenvalue weighted by molar-refractivity contribution is 9.10. The summed E-state index contributed by atoms with van der Waals surface area (Å²) in [6, 6.07) is 5.92. The Morgan fingerprint density at radius 3 is 3.00 bits per heavy atom. The van der Waals surface area contributed by atoms with Crippen LogP contribution < -0.4 is 5.32 Å². The normalized spacial score (nSPS) is 20.0. The molecule has 2 rings (SSSR count). The Labute approximate surface area is 115 Å². The molecule has 1 N–H and O–H groups in total. The van der Waals surface area contributed by atoms with Gasteiger partial charge in [0.05, 0.1) is 10.9 Å². The quantitative estimate of drug-likeness (QED) is 0.894. The minimum atomic E-state index is 0.121. The zero-order valence-corrected chi connectivity index (χ0v) is 12.2. The first-order valence-corrected chi connectivity index (χ1v) is 7.70. The highest BCUT2D eigenvalue weighted by Gasteiger charge is 2.22. The molecule has 0 aromatic heterocycles. The Balaban J connectivity index is 2.04. The zero-order valence-electron chi connectivity index (χ0n) is 9.83. The molecule has 1 fully saturated rings. The molecule has 1 atom stereocenters. The number of rotatable bonds is 2. The molecule has 0 spiro atoms. The van der Waals surface area contributed by atoms with E-state index in [2.05, 4.69) is 21.2 Å². The lowest BCUT2D eigenvalue weighted by Gasteiger charge is -2.21. The molecular formula is C13H16BrNOS. The van der Waals surface area contributed by atoms with Gasteiger partial charge in [0.25, 0.3) is 0 Å². The monoisotopic (exact) mass is 313 g/mol. The Morgan fingerprint density at radius 1 is 1.47 bits per heavy atom. The number of halogens is 1. The maximum Gasteiger partial charge on any atom is 0.237 e. The molecule has 1 amide bonds. The first-order valence-electron chi connectivity index (χ1n) is 5.86. The molecule has 1 unspecified atom stereocenters. The maximum absolute atomic E-state index is 12.1. The fraction of sp³-hybridized carbons (Fsp3) is 0.462. The summed E-state index contributed by atoms with van der Waals surface area (Å²) in [6.07, 6.45) is 3.41. The number of thioether (sulfide) groups is 1. The lowest BCUT2D eigenvalue weighted by Crippen LogP contribution is -2.27. The van der Waals surface area contributed by atoms with Crippen molar-refractivity contribution in [1.82, 2.24) is 0 Å². The number of nitrogens with one attached hydrogen (secondary N) is 1. The average molecular weight is 314 g/mol. The topological polar surface area (TPSA) is 29.1 Å². The summed E-state index contributed by atoms with van der Waals surface area (Å²) in [5.74, 6) is 1.24. The van der Waals surface area contributed by atoms with Gasteiger partial charge in [-0.3, -0.25) is 4.79 Å². The lowest BCUT2D eigenvalue weighted by molar-refractivity contribution is -0.115. The van der Waals surface area contributed by atoms with Crippen LogP contribution >= 0.6 is 27.7 Å². The SMILES string of the molecule is Cc1cccc(NC(=O)C2CCCCS2)c1Br. The van der Waals surface area contributed by atoms with Crippen LogP contribution in [0.1, 0.15) is 24.8 Å². The number of benzene rings is 1. The highest BCUT2D eigenvalue weighted by Crippen LogP contribution is 2.29. The molecule has 1 aliphatic heterocycles. The number of anilines is 1. The number of carbonyl (C=O) groups is 1. The highest BCUT2D eigenvalue weighted by atomic mass is 79.9. The van der Waals surface area contributed by atoms with E-state index in [4.69, 9.17) is 0 Å². The van der Waals surface area contributed by atoms with E-state index in [0.717, 1.165) is 27.9 Å². The van der Waals surface area contributed by atoms with E-state index >= 15 is 0 Å². The van der Waals surface area contributed by atoms with Gasteiger partial charge in [-0.1, -0.05) is 18.6 Å². The lowest BCUT2D eigenvalue weighted by atomic mass is 10.1. The standard InChI is InChI=1S/C13H16BrNOS/c1-9-5-4-6-10(12(9)14)15-13(16)11-7-2-3-8-17-11/h4-6,11H,2-3,7-8H2,1H3,(H,15,16). The molecule has 0 bridgehead atoms. The largest absolute Gasteiger partial charge is 0.324 e. The molecule has 0 saturated carbocycles. The van der Waals surface area contributed by atoms with Crippen LogP contribution in [0.15, 0.2) is 22.7 Å². The van der Waals surface area contributed by atoms with Gasteiger partial charge < -0.3 is 5.32 Å². The van der Waals surface area contributed by atoms with Crippen molar-refractivity contribution in [3.05, 3.63) is 28.2 Å². The minimum Gasteiger partial charge on any atom is -0.324 e. The first-order chi connectivity index (χ1) is 8.18. The summed E-state index contributed by atoms with van der Waals surface area (Å²) in [6.45, 7) is 2.02. The van der Waals surface area contributed by atoms with Crippen LogP contribution in [0.3, 0.4) is 0 Å². The van der Waals surface area contributed by atoms with Gasteiger partial charge >= 0.3 is 0 Å². The van der Waals surface area contributed by atoms with Crippen molar-refractivity contribution >= 4 is 39.3 Å². The van der Waals surface area contributed by atoms with E-state index in [1.165, 1.54) is 12.8 Å². The van der Waals surface area contributed by atoms with Crippen molar-refractivity contribution in [1.29, 1.82) is 0 Å². The van der Waals surface area contributed by atoms with E-state index in [9.17, 15) is 4.79 Å². The molecule has 1 aromatic carbocycles. The van der Waals surface area contributed by atoms with Crippen LogP contribution in [0.25, 0.3) is 0 Å². The summed E-state index contributed by atoms with van der Waals surface area (Å²) >= 11 is 5.28. The first kappa shape index (κ1) is 13.0. The molecule has 4 heteroatoms. The predicted molar refractivity (Wildman–Crippen MR) is 77.6 cm³/mol. The number of carbonyl (C=O) groups excluding carboxylic acids is 1. The third kappa shape index (κ3) is 3.26. The fourth-order valence-electron chi connectivity index (χ4n) is 1.90. The van der Waals surface area contributed by atoms with Crippen LogP contribution in [-0.2, 0) is 4.79 Å². The summed E-state index contributed by atoms with van der Waals surface area (Å²) in [7, 11) is 0. The third-order valence-electron chi connectivity index (χ3n) is 2.92. The van der Waals surface area contributed by atoms with Crippen molar-refractivity contribution in [3.63, 3.8) is 0 Å². The predicted octanol–water partition coefficient (Wildman–Crippen LogP) is 3.98. The van der Waals surface area contributed by atoms with E-state index in [1.54, 1.807) is 11.8 Å². The molecule has 0 aliphatic carbocycles. The molecule has 17 heavy (non-hydrogen) atoms. The Morgan fingerprint density at radius 2 is 2.29 bits per heavy atom. The number of hydrogen-bond donors (Lipinski definition) is 1. The second kappa shape index (κ2) is 5.91. The number of hydrogen-bond acceptors (Lipinski definition) is 2. The number of aryl methyl sites for hydroxylation is 1. The van der Waals surface area contributed by atoms with Gasteiger partial charge in [-0.15, -0.1) is 11.8 Å². The van der Waals surface area contributed by atoms with Gasteiger partial charge in [0.15, 0.2) is 0 Å². The van der Waals surface area contributed by atoms with Gasteiger partial charge in [0.2, 0.25) is 5.91 Å². The molecule has 0 radical (unpaired) electrons. The second-order valence-corrected chi connectivity index (χ2v) is 6.38. The second-order valence-electron chi connectivity index (χ2n) is 4.28. The average Bonchev–Trinajstić information content (AvgIpc) is 2.36. The van der Waals surface area contributed by atoms with Crippen molar-refractivity contribution in [3.8, 4) is 0 Å². The summed E-state index contributed by atoms with van der Waals surface area (Å²) in [5.41, 5.74) is 2.01. The molecule has 2 nitrogen and oxygen atoms in total. The van der Waals surface area contributed by atoms with Gasteiger partial charge in [-0.25, -0.2) is 0 Å². The smallest absolute Gasteiger partial charge is 0.237 e. The molecule has 1 saturated heterocycles. The van der Waals surface area contributed by atoms with E-state index in [-0.39, 0.29) is 11.2 Å². The van der Waals surface area contributed by atoms with Crippen LogP contribution in [0.5, 0.6) is 0 Å². The van der Waals surface area contributed by atoms with Gasteiger partial charge in [-0.2, -0.15) is 0 Å². The summed E-state index contributed by atoms with van der Waals surface area (Å²) < 4.78 is 0.981. The van der Waals surface area contributed by atoms with Crippen molar-refractivity contribution in [2.45, 2.75) is 31.4 Å². The summed E-state index contributed by atoms with van der Waals surface area (Å²) in [4.78, 5) is 12.1. The Hall–Kier alpha value is -0.480. The minimum absolute atomic E-state index is 0.121. The molecule has 1 aliphatic rings. The van der Waals surface area contributed by atoms with Crippen LogP contribution in [0.4, 0.5) is 5.69 Å². The Bertz CT molecular complexity index is 416. The van der Waals surface area contributed by atoms with Gasteiger partial charge in [-0.05, 0) is 53.1 Å². The van der Waals surface area contributed by atoms with Crippen molar-refractivity contribution in [2.24, 2.45) is 0 Å². The Kier molecular flexibility index (Phi) is 4.51. The van der Waals surface area contributed by atoms with Crippen molar-refractivity contribution < 1.29 is 4.79 Å². The summed E-state index contributed by atoms with van der Waals surface area (Å²) in [5, 5.41) is 3.14. The fourth-order valence-corrected chi connectivity index (χ4v) is 3.47. The zero-order chi connectivity index (χ0) is 12.3.